The minimum Gasteiger partial charge on any atom is -0.381 e. The van der Waals surface area contributed by atoms with E-state index in [1.165, 1.54) is 11.3 Å². The third-order valence-corrected chi connectivity index (χ3v) is 6.69. The number of aliphatic imine (C=N–C) groups is 1. The van der Waals surface area contributed by atoms with Crippen molar-refractivity contribution >= 4 is 47.2 Å². The summed E-state index contributed by atoms with van der Waals surface area (Å²) in [6.07, 6.45) is 3.00. The van der Waals surface area contributed by atoms with Crippen molar-refractivity contribution in [2.75, 3.05) is 44.8 Å². The Bertz CT molecular complexity index is 858. The van der Waals surface area contributed by atoms with E-state index in [-0.39, 0.29) is 29.4 Å². The fourth-order valence-corrected chi connectivity index (χ4v) is 4.92. The molecular weight excluding hydrogens is 523 g/mol. The first-order chi connectivity index (χ1) is 14.7. The standard InChI is InChI=1S/C24H31ClN4O.HI/c1-26-23(28-19-11-14-29(17-19)20-7-3-2-4-8-20)27-18-24(12-15-30-16-13-24)21-9-5-6-10-22(21)25;/h2-10,19H,11-18H2,1H3,(H2,26,27,28);1H. The van der Waals surface area contributed by atoms with Gasteiger partial charge < -0.3 is 20.3 Å². The van der Waals surface area contributed by atoms with Gasteiger partial charge in [0.05, 0.1) is 0 Å². The Morgan fingerprint density at radius 2 is 1.84 bits per heavy atom. The van der Waals surface area contributed by atoms with Gasteiger partial charge in [-0.25, -0.2) is 0 Å². The zero-order valence-electron chi connectivity index (χ0n) is 18.0. The average Bonchev–Trinajstić information content (AvgIpc) is 3.27. The summed E-state index contributed by atoms with van der Waals surface area (Å²) < 4.78 is 5.66. The molecule has 5 nitrogen and oxygen atoms in total. The fraction of sp³-hybridized carbons (Fsp3) is 0.458. The second kappa shape index (κ2) is 11.4. The van der Waals surface area contributed by atoms with Crippen LogP contribution in [-0.2, 0) is 10.2 Å². The first-order valence-corrected chi connectivity index (χ1v) is 11.2. The maximum Gasteiger partial charge on any atom is 0.191 e. The number of rotatable bonds is 5. The number of hydrogen-bond acceptors (Lipinski definition) is 3. The van der Waals surface area contributed by atoms with Crippen LogP contribution in [0.1, 0.15) is 24.8 Å². The van der Waals surface area contributed by atoms with Crippen LogP contribution in [-0.4, -0.2) is 51.9 Å². The number of ether oxygens (including phenoxy) is 1. The van der Waals surface area contributed by atoms with E-state index in [4.69, 9.17) is 16.3 Å². The Morgan fingerprint density at radius 1 is 1.13 bits per heavy atom. The normalized spacial score (nSPS) is 20.8. The van der Waals surface area contributed by atoms with Gasteiger partial charge >= 0.3 is 0 Å². The molecule has 0 spiro atoms. The van der Waals surface area contributed by atoms with E-state index in [2.05, 4.69) is 63.0 Å². The third-order valence-electron chi connectivity index (χ3n) is 6.36. The van der Waals surface area contributed by atoms with Crippen molar-refractivity contribution in [2.45, 2.75) is 30.7 Å². The van der Waals surface area contributed by atoms with Crippen LogP contribution in [0.2, 0.25) is 5.02 Å². The van der Waals surface area contributed by atoms with E-state index >= 15 is 0 Å². The first-order valence-electron chi connectivity index (χ1n) is 10.8. The van der Waals surface area contributed by atoms with Gasteiger partial charge in [-0.2, -0.15) is 0 Å². The lowest BCUT2D eigenvalue weighted by Crippen LogP contribution is -2.50. The number of anilines is 1. The molecule has 2 N–H and O–H groups in total. The quantitative estimate of drug-likeness (QED) is 0.326. The number of halogens is 2. The molecule has 7 heteroatoms. The highest BCUT2D eigenvalue weighted by Gasteiger charge is 2.36. The molecule has 4 rings (SSSR count). The highest BCUT2D eigenvalue weighted by atomic mass is 127. The molecule has 2 saturated heterocycles. The van der Waals surface area contributed by atoms with Gasteiger partial charge in [-0.3, -0.25) is 4.99 Å². The van der Waals surface area contributed by atoms with Gasteiger partial charge in [0, 0.05) is 62.1 Å². The minimum atomic E-state index is -0.0417. The molecule has 1 atom stereocenters. The summed E-state index contributed by atoms with van der Waals surface area (Å²) in [5.74, 6) is 0.854. The van der Waals surface area contributed by atoms with Crippen LogP contribution in [0.5, 0.6) is 0 Å². The van der Waals surface area contributed by atoms with Crippen LogP contribution < -0.4 is 15.5 Å². The van der Waals surface area contributed by atoms with Crippen LogP contribution in [0.25, 0.3) is 0 Å². The molecule has 1 unspecified atom stereocenters. The Hall–Kier alpha value is -1.51. The second-order valence-electron chi connectivity index (χ2n) is 8.21. The topological polar surface area (TPSA) is 48.9 Å². The highest BCUT2D eigenvalue weighted by molar-refractivity contribution is 14.0. The van der Waals surface area contributed by atoms with Gasteiger partial charge in [0.15, 0.2) is 5.96 Å². The van der Waals surface area contributed by atoms with Crippen molar-refractivity contribution in [2.24, 2.45) is 4.99 Å². The van der Waals surface area contributed by atoms with Gasteiger partial charge in [-0.05, 0) is 43.0 Å². The Balaban J connectivity index is 0.00000272. The van der Waals surface area contributed by atoms with Gasteiger partial charge in [0.25, 0.3) is 0 Å². The Kier molecular flexibility index (Phi) is 8.86. The third kappa shape index (κ3) is 5.84. The van der Waals surface area contributed by atoms with Crippen molar-refractivity contribution in [1.82, 2.24) is 10.6 Å². The van der Waals surface area contributed by atoms with Crippen LogP contribution in [0, 0.1) is 0 Å². The number of hydrogen-bond donors (Lipinski definition) is 2. The van der Waals surface area contributed by atoms with E-state index in [0.29, 0.717) is 6.04 Å². The van der Waals surface area contributed by atoms with E-state index in [1.54, 1.807) is 0 Å². The van der Waals surface area contributed by atoms with Gasteiger partial charge in [0.2, 0.25) is 0 Å². The molecule has 31 heavy (non-hydrogen) atoms. The molecule has 0 radical (unpaired) electrons. The average molecular weight is 555 g/mol. The molecule has 2 fully saturated rings. The van der Waals surface area contributed by atoms with Crippen LogP contribution in [0.3, 0.4) is 0 Å². The van der Waals surface area contributed by atoms with Crippen LogP contribution >= 0.6 is 35.6 Å². The summed E-state index contributed by atoms with van der Waals surface area (Å²) in [7, 11) is 1.84. The molecule has 2 aromatic rings. The maximum atomic E-state index is 6.59. The fourth-order valence-electron chi connectivity index (χ4n) is 4.59. The van der Waals surface area contributed by atoms with E-state index in [9.17, 15) is 0 Å². The summed E-state index contributed by atoms with van der Waals surface area (Å²) in [6.45, 7) is 4.34. The maximum absolute atomic E-state index is 6.59. The summed E-state index contributed by atoms with van der Waals surface area (Å²) in [5.41, 5.74) is 2.44. The van der Waals surface area contributed by atoms with Crippen molar-refractivity contribution < 1.29 is 4.74 Å². The first kappa shape index (κ1) is 24.1. The van der Waals surface area contributed by atoms with Gasteiger partial charge in [-0.1, -0.05) is 48.0 Å². The largest absolute Gasteiger partial charge is 0.381 e. The number of benzene rings is 2. The zero-order valence-corrected chi connectivity index (χ0v) is 21.1. The summed E-state index contributed by atoms with van der Waals surface area (Å²) >= 11 is 6.59. The summed E-state index contributed by atoms with van der Waals surface area (Å²) in [5, 5.41) is 8.05. The molecular formula is C24H32ClIN4O. The van der Waals surface area contributed by atoms with Crippen LogP contribution in [0.4, 0.5) is 5.69 Å². The number of guanidine groups is 1. The van der Waals surface area contributed by atoms with E-state index in [1.807, 2.05) is 19.2 Å². The molecule has 0 aliphatic carbocycles. The molecule has 0 aromatic heterocycles. The van der Waals surface area contributed by atoms with Crippen molar-refractivity contribution in [3.8, 4) is 0 Å². The zero-order chi connectivity index (χ0) is 20.8. The number of nitrogens with one attached hydrogen (secondary N) is 2. The van der Waals surface area contributed by atoms with Gasteiger partial charge in [-0.15, -0.1) is 24.0 Å². The highest BCUT2D eigenvalue weighted by Crippen LogP contribution is 2.38. The van der Waals surface area contributed by atoms with E-state index < -0.39 is 0 Å². The van der Waals surface area contributed by atoms with E-state index in [0.717, 1.165) is 63.1 Å². The van der Waals surface area contributed by atoms with Crippen LogP contribution in [0.15, 0.2) is 59.6 Å². The molecule has 2 aromatic carbocycles. The molecule has 2 heterocycles. The summed E-state index contributed by atoms with van der Waals surface area (Å²) in [4.78, 5) is 6.92. The summed E-state index contributed by atoms with van der Waals surface area (Å²) in [6, 6.07) is 19.2. The van der Waals surface area contributed by atoms with Crippen molar-refractivity contribution in [3.05, 3.63) is 65.2 Å². The monoisotopic (exact) mass is 554 g/mol. The molecule has 0 saturated carbocycles. The number of para-hydroxylation sites is 1. The smallest absolute Gasteiger partial charge is 0.191 e. The SMILES string of the molecule is CN=C(NCC1(c2ccccc2Cl)CCOCC1)NC1CCN(c2ccccc2)C1.I. The predicted molar refractivity (Wildman–Crippen MR) is 140 cm³/mol. The number of nitrogens with zero attached hydrogens (tertiary/aromatic N) is 2. The molecule has 2 aliphatic heterocycles. The van der Waals surface area contributed by atoms with Crippen molar-refractivity contribution in [1.29, 1.82) is 0 Å². The molecule has 0 amide bonds. The minimum absolute atomic E-state index is 0. The van der Waals surface area contributed by atoms with Crippen molar-refractivity contribution in [3.63, 3.8) is 0 Å². The molecule has 168 valence electrons. The van der Waals surface area contributed by atoms with Gasteiger partial charge in [0.1, 0.15) is 0 Å². The lowest BCUT2D eigenvalue weighted by molar-refractivity contribution is 0.0514. The lowest BCUT2D eigenvalue weighted by Gasteiger charge is -2.39. The Morgan fingerprint density at radius 3 is 2.55 bits per heavy atom. The molecule has 2 aliphatic rings. The predicted octanol–water partition coefficient (Wildman–Crippen LogP) is 4.45. The second-order valence-corrected chi connectivity index (χ2v) is 8.62. The lowest BCUT2D eigenvalue weighted by atomic mass is 9.74. The molecule has 0 bridgehead atoms. The Labute approximate surface area is 207 Å².